The second-order valence-electron chi connectivity index (χ2n) is 5.58. The molecule has 0 saturated heterocycles. The Labute approximate surface area is 130 Å². The molecule has 1 aromatic carbocycles. The highest BCUT2D eigenvalue weighted by Crippen LogP contribution is 2.34. The highest BCUT2D eigenvalue weighted by Gasteiger charge is 2.17. The Balaban J connectivity index is 2.47. The molecule has 4 nitrogen and oxygen atoms in total. The molecule has 1 heterocycles. The first kappa shape index (κ1) is 15.6. The lowest BCUT2D eigenvalue weighted by Crippen LogP contribution is -1.99. The van der Waals surface area contributed by atoms with Gasteiger partial charge in [0.2, 0.25) is 0 Å². The number of aromatic nitrogens is 2. The Kier molecular flexibility index (Phi) is 4.73. The summed E-state index contributed by atoms with van der Waals surface area (Å²) in [6, 6.07) is 6.58. The van der Waals surface area contributed by atoms with Gasteiger partial charge in [0.05, 0.1) is 11.9 Å². The molecule has 0 atom stereocenters. The van der Waals surface area contributed by atoms with Crippen LogP contribution in [0.15, 0.2) is 33.2 Å². The smallest absolute Gasteiger partial charge is 0.153 e. The zero-order chi connectivity index (χ0) is 15.6. The summed E-state index contributed by atoms with van der Waals surface area (Å²) in [5.41, 5.74) is 3.63. The van der Waals surface area contributed by atoms with Gasteiger partial charge in [-0.2, -0.15) is 5.10 Å². The van der Waals surface area contributed by atoms with Gasteiger partial charge in [0.15, 0.2) is 5.82 Å². The molecule has 0 saturated carbocycles. The summed E-state index contributed by atoms with van der Waals surface area (Å²) in [5, 5.41) is 4.74. The number of rotatable bonds is 4. The molecule has 0 aliphatic heterocycles. The molecule has 0 aliphatic rings. The monoisotopic (exact) mass is 302 g/mol. The number of benzene rings is 1. The van der Waals surface area contributed by atoms with Crippen LogP contribution in [0.25, 0.3) is 0 Å². The Morgan fingerprint density at radius 3 is 2.38 bits per heavy atom. The van der Waals surface area contributed by atoms with Gasteiger partial charge in [0, 0.05) is 11.9 Å². The Morgan fingerprint density at radius 2 is 1.86 bits per heavy atom. The summed E-state index contributed by atoms with van der Waals surface area (Å²) in [6.45, 7) is 8.54. The van der Waals surface area contributed by atoms with E-state index in [1.807, 2.05) is 11.6 Å². The molecule has 2 N–H and O–H groups in total. The molecule has 0 unspecified atom stereocenters. The average molecular weight is 302 g/mol. The molecule has 2 rings (SSSR count). The largest absolute Gasteiger partial charge is 0.323 e. The first-order chi connectivity index (χ1) is 9.92. The van der Waals surface area contributed by atoms with E-state index in [9.17, 15) is 0 Å². The quantitative estimate of drug-likeness (QED) is 0.533. The van der Waals surface area contributed by atoms with Gasteiger partial charge in [-0.05, 0) is 43.0 Å². The van der Waals surface area contributed by atoms with Crippen LogP contribution in [0.1, 0.15) is 42.4 Å². The lowest BCUT2D eigenvalue weighted by molar-refractivity contribution is 0.763. The maximum absolute atomic E-state index is 5.27. The molecule has 112 valence electrons. The van der Waals surface area contributed by atoms with Crippen molar-refractivity contribution in [3.63, 3.8) is 0 Å². The Bertz CT molecular complexity index is 651. The van der Waals surface area contributed by atoms with E-state index in [1.54, 1.807) is 18.0 Å². The first-order valence-electron chi connectivity index (χ1n) is 6.98. The molecule has 0 spiro atoms. The van der Waals surface area contributed by atoms with Gasteiger partial charge in [-0.1, -0.05) is 31.7 Å². The zero-order valence-electron chi connectivity index (χ0n) is 13.2. The van der Waals surface area contributed by atoms with Gasteiger partial charge in [-0.3, -0.25) is 0 Å². The average Bonchev–Trinajstić information content (AvgIpc) is 2.67. The predicted octanol–water partition coefficient (Wildman–Crippen LogP) is 3.60. The summed E-state index contributed by atoms with van der Waals surface area (Å²) in [5.74, 6) is 6.40. The molecule has 5 heteroatoms. The van der Waals surface area contributed by atoms with Crippen molar-refractivity contribution in [2.45, 2.75) is 43.5 Å². The number of hydrazone groups is 1. The van der Waals surface area contributed by atoms with Crippen LogP contribution >= 0.6 is 11.8 Å². The summed E-state index contributed by atoms with van der Waals surface area (Å²) < 4.78 is 2.05. The van der Waals surface area contributed by atoms with Gasteiger partial charge in [0.1, 0.15) is 5.03 Å². The van der Waals surface area contributed by atoms with Crippen LogP contribution in [-0.2, 0) is 7.05 Å². The van der Waals surface area contributed by atoms with Gasteiger partial charge in [-0.15, -0.1) is 0 Å². The van der Waals surface area contributed by atoms with E-state index in [4.69, 9.17) is 5.84 Å². The van der Waals surface area contributed by atoms with E-state index in [-0.39, 0.29) is 0 Å². The molecule has 0 radical (unpaired) electrons. The van der Waals surface area contributed by atoms with E-state index < -0.39 is 0 Å². The Morgan fingerprint density at radius 1 is 1.24 bits per heavy atom. The van der Waals surface area contributed by atoms with Crippen LogP contribution in [0.2, 0.25) is 0 Å². The van der Waals surface area contributed by atoms with Crippen LogP contribution in [0, 0.1) is 13.8 Å². The minimum Gasteiger partial charge on any atom is -0.323 e. The highest BCUT2D eigenvalue weighted by atomic mass is 32.2. The lowest BCUT2D eigenvalue weighted by atomic mass is 10.1. The van der Waals surface area contributed by atoms with Gasteiger partial charge in [0.25, 0.3) is 0 Å². The maximum atomic E-state index is 5.27. The Hall–Kier alpha value is -1.75. The third-order valence-electron chi connectivity index (χ3n) is 3.25. The minimum atomic E-state index is 0.351. The summed E-state index contributed by atoms with van der Waals surface area (Å²) in [7, 11) is 2.00. The number of hydrogen-bond donors (Lipinski definition) is 1. The van der Waals surface area contributed by atoms with Gasteiger partial charge in [-0.25, -0.2) is 4.98 Å². The van der Waals surface area contributed by atoms with Crippen molar-refractivity contribution in [2.75, 3.05) is 0 Å². The normalized spacial score (nSPS) is 11.7. The molecular formula is C16H22N4S. The fourth-order valence-electron chi connectivity index (χ4n) is 2.30. The van der Waals surface area contributed by atoms with E-state index in [0.29, 0.717) is 5.92 Å². The third-order valence-corrected chi connectivity index (χ3v) is 4.40. The summed E-state index contributed by atoms with van der Waals surface area (Å²) in [4.78, 5) is 5.88. The first-order valence-corrected chi connectivity index (χ1v) is 7.80. The van der Waals surface area contributed by atoms with Gasteiger partial charge < -0.3 is 10.4 Å². The molecule has 0 amide bonds. The lowest BCUT2D eigenvalue weighted by Gasteiger charge is -2.09. The molecule has 2 aromatic rings. The van der Waals surface area contributed by atoms with Crippen molar-refractivity contribution in [2.24, 2.45) is 18.0 Å². The zero-order valence-corrected chi connectivity index (χ0v) is 14.0. The number of hydrogen-bond acceptors (Lipinski definition) is 4. The van der Waals surface area contributed by atoms with Crippen molar-refractivity contribution >= 4 is 18.0 Å². The molecule has 1 aromatic heterocycles. The van der Waals surface area contributed by atoms with Crippen molar-refractivity contribution in [1.82, 2.24) is 9.55 Å². The van der Waals surface area contributed by atoms with Crippen LogP contribution in [0.5, 0.6) is 0 Å². The number of aryl methyl sites for hydroxylation is 2. The molecular weight excluding hydrogens is 280 g/mol. The number of imidazole rings is 1. The van der Waals surface area contributed by atoms with E-state index in [0.717, 1.165) is 16.5 Å². The second kappa shape index (κ2) is 6.35. The standard InChI is InChI=1S/C16H22N4S/c1-10(2)15-16(20(5)14(19-15)9-18-17)21-13-7-11(3)6-12(4)8-13/h6-10H,17H2,1-5H3/b18-9+. The highest BCUT2D eigenvalue weighted by molar-refractivity contribution is 7.99. The molecule has 0 aliphatic carbocycles. The topological polar surface area (TPSA) is 56.2 Å². The fraction of sp³-hybridized carbons (Fsp3) is 0.375. The molecule has 0 bridgehead atoms. The summed E-state index contributed by atoms with van der Waals surface area (Å²) in [6.07, 6.45) is 1.59. The minimum absolute atomic E-state index is 0.351. The van der Waals surface area contributed by atoms with Crippen LogP contribution in [-0.4, -0.2) is 15.8 Å². The number of nitrogens with two attached hydrogens (primary N) is 1. The molecule has 21 heavy (non-hydrogen) atoms. The van der Waals surface area contributed by atoms with Crippen LogP contribution in [0.4, 0.5) is 0 Å². The molecule has 0 fully saturated rings. The van der Waals surface area contributed by atoms with E-state index in [1.165, 1.54) is 16.0 Å². The van der Waals surface area contributed by atoms with Crippen molar-refractivity contribution < 1.29 is 0 Å². The van der Waals surface area contributed by atoms with E-state index in [2.05, 4.69) is 56.0 Å². The van der Waals surface area contributed by atoms with Crippen molar-refractivity contribution in [3.8, 4) is 0 Å². The fourth-order valence-corrected chi connectivity index (χ4v) is 3.63. The second-order valence-corrected chi connectivity index (χ2v) is 6.64. The van der Waals surface area contributed by atoms with Crippen LogP contribution < -0.4 is 5.84 Å². The maximum Gasteiger partial charge on any atom is 0.153 e. The third kappa shape index (κ3) is 3.47. The van der Waals surface area contributed by atoms with Crippen molar-refractivity contribution in [1.29, 1.82) is 0 Å². The number of nitrogens with zero attached hydrogens (tertiary/aromatic N) is 3. The van der Waals surface area contributed by atoms with Crippen molar-refractivity contribution in [3.05, 3.63) is 40.8 Å². The van der Waals surface area contributed by atoms with E-state index >= 15 is 0 Å². The predicted molar refractivity (Wildman–Crippen MR) is 89.1 cm³/mol. The van der Waals surface area contributed by atoms with Gasteiger partial charge >= 0.3 is 0 Å². The SMILES string of the molecule is Cc1cc(C)cc(Sc2c(C(C)C)nc(/C=N/N)n2C)c1. The summed E-state index contributed by atoms with van der Waals surface area (Å²) >= 11 is 1.74. The van der Waals surface area contributed by atoms with Crippen LogP contribution in [0.3, 0.4) is 0 Å².